The van der Waals surface area contributed by atoms with E-state index in [-0.39, 0.29) is 18.6 Å². The summed E-state index contributed by atoms with van der Waals surface area (Å²) in [5.74, 6) is -0.884. The molecule has 3 rings (SSSR count). The van der Waals surface area contributed by atoms with Gasteiger partial charge in [-0.2, -0.15) is 0 Å². The maximum Gasteiger partial charge on any atom is 0.303 e. The van der Waals surface area contributed by atoms with Crippen LogP contribution in [-0.2, 0) is 18.3 Å². The van der Waals surface area contributed by atoms with Crippen LogP contribution in [0.1, 0.15) is 60.1 Å². The molecule has 5 heteroatoms. The number of carboxylic acid groups (broad SMARTS) is 1. The third-order valence-corrected chi connectivity index (χ3v) is 5.74. The van der Waals surface area contributed by atoms with Crippen LogP contribution >= 0.6 is 11.6 Å². The Labute approximate surface area is 188 Å². The van der Waals surface area contributed by atoms with Crippen molar-refractivity contribution in [2.45, 2.75) is 44.9 Å². The first-order valence-electron chi connectivity index (χ1n) is 10.7. The summed E-state index contributed by atoms with van der Waals surface area (Å²) < 4.78 is 2.08. The maximum absolute atomic E-state index is 13.0. The number of aryl methyl sites for hydroxylation is 1. The molecule has 0 spiro atoms. The second-order valence-electron chi connectivity index (χ2n) is 7.77. The van der Waals surface area contributed by atoms with Crippen molar-refractivity contribution < 1.29 is 14.7 Å². The Hall–Kier alpha value is -2.85. The van der Waals surface area contributed by atoms with Crippen molar-refractivity contribution >= 4 is 40.3 Å². The molecule has 31 heavy (non-hydrogen) atoms. The number of carboxylic acids is 1. The third-order valence-electron chi connectivity index (χ3n) is 5.50. The average molecular weight is 438 g/mol. The molecular formula is C26H28ClNO3. The van der Waals surface area contributed by atoms with Crippen molar-refractivity contribution in [3.63, 3.8) is 0 Å². The van der Waals surface area contributed by atoms with Crippen LogP contribution in [0.25, 0.3) is 17.0 Å². The molecule has 0 saturated carbocycles. The minimum Gasteiger partial charge on any atom is -0.481 e. The van der Waals surface area contributed by atoms with E-state index in [9.17, 15) is 9.59 Å². The van der Waals surface area contributed by atoms with Gasteiger partial charge in [0.25, 0.3) is 0 Å². The van der Waals surface area contributed by atoms with E-state index in [1.165, 1.54) is 5.56 Å². The average Bonchev–Trinajstić information content (AvgIpc) is 3.02. The van der Waals surface area contributed by atoms with E-state index in [0.717, 1.165) is 42.3 Å². The lowest BCUT2D eigenvalue weighted by atomic mass is 9.99. The number of unbranched alkanes of at least 4 members (excludes halogenated alkanes) is 2. The Kier molecular flexibility index (Phi) is 8.07. The minimum atomic E-state index is -0.877. The van der Waals surface area contributed by atoms with E-state index in [1.807, 2.05) is 43.4 Å². The van der Waals surface area contributed by atoms with Crippen LogP contribution in [0.3, 0.4) is 0 Å². The highest BCUT2D eigenvalue weighted by molar-refractivity contribution is 6.31. The fourth-order valence-electron chi connectivity index (χ4n) is 3.94. The lowest BCUT2D eigenvalue weighted by Crippen LogP contribution is -2.07. The lowest BCUT2D eigenvalue weighted by Gasteiger charge is -2.07. The van der Waals surface area contributed by atoms with Crippen LogP contribution < -0.4 is 0 Å². The molecule has 0 bridgehead atoms. The normalized spacial score (nSPS) is 11.4. The van der Waals surface area contributed by atoms with Crippen LogP contribution in [-0.4, -0.2) is 21.4 Å². The predicted molar refractivity (Wildman–Crippen MR) is 127 cm³/mol. The Morgan fingerprint density at radius 1 is 1.03 bits per heavy atom. The number of allylic oxidation sites excluding steroid dienone is 1. The number of Topliss-reactive ketones (excluding diaryl/α,β-unsaturated/α-hetero) is 1. The molecule has 0 aliphatic carbocycles. The van der Waals surface area contributed by atoms with Crippen LogP contribution in [0.4, 0.5) is 0 Å². The molecule has 0 aliphatic heterocycles. The molecule has 0 saturated heterocycles. The number of aromatic nitrogens is 1. The summed E-state index contributed by atoms with van der Waals surface area (Å²) >= 11 is 6.21. The van der Waals surface area contributed by atoms with Gasteiger partial charge in [0.05, 0.1) is 0 Å². The number of fused-ring (bicyclic) bond motifs is 1. The molecule has 4 nitrogen and oxygen atoms in total. The molecule has 1 heterocycles. The summed E-state index contributed by atoms with van der Waals surface area (Å²) in [6.07, 6.45) is 8.66. The van der Waals surface area contributed by atoms with Crippen molar-refractivity contribution in [1.29, 1.82) is 0 Å². The van der Waals surface area contributed by atoms with Gasteiger partial charge in [0.2, 0.25) is 0 Å². The Morgan fingerprint density at radius 2 is 1.81 bits per heavy atom. The van der Waals surface area contributed by atoms with Gasteiger partial charge in [-0.1, -0.05) is 54.1 Å². The van der Waals surface area contributed by atoms with Gasteiger partial charge >= 0.3 is 5.97 Å². The van der Waals surface area contributed by atoms with Crippen molar-refractivity contribution in [3.8, 4) is 0 Å². The number of benzene rings is 2. The van der Waals surface area contributed by atoms with E-state index in [4.69, 9.17) is 16.7 Å². The minimum absolute atomic E-state index is 0.000342. The number of hydrogen-bond acceptors (Lipinski definition) is 2. The molecule has 0 atom stereocenters. The van der Waals surface area contributed by atoms with Gasteiger partial charge in [-0.3, -0.25) is 9.59 Å². The second kappa shape index (κ2) is 11.0. The molecule has 0 amide bonds. The standard InChI is InChI=1S/C26H28ClNO3/c1-28-22-17-16-20(27)18-21(22)26(24(29)14-9-15-25(30)31)23(28)13-8-3-2-5-10-19-11-6-4-7-12-19/h4-7,10-12,16-18H,2-3,8-9,13-15H2,1H3,(H,30,31)/b10-5+. The summed E-state index contributed by atoms with van der Waals surface area (Å²) in [6.45, 7) is 0. The molecular weight excluding hydrogens is 410 g/mol. The molecule has 0 aliphatic rings. The van der Waals surface area contributed by atoms with Gasteiger partial charge in [-0.25, -0.2) is 0 Å². The molecule has 1 aromatic heterocycles. The van der Waals surface area contributed by atoms with Crippen LogP contribution in [0.15, 0.2) is 54.6 Å². The first-order chi connectivity index (χ1) is 15.0. The Morgan fingerprint density at radius 3 is 2.55 bits per heavy atom. The van der Waals surface area contributed by atoms with Gasteiger partial charge in [-0.05, 0) is 55.9 Å². The van der Waals surface area contributed by atoms with E-state index < -0.39 is 5.97 Å². The lowest BCUT2D eigenvalue weighted by molar-refractivity contribution is -0.137. The van der Waals surface area contributed by atoms with Gasteiger partial charge in [0.1, 0.15) is 0 Å². The van der Waals surface area contributed by atoms with Gasteiger partial charge < -0.3 is 9.67 Å². The first-order valence-corrected chi connectivity index (χ1v) is 11.1. The van der Waals surface area contributed by atoms with Crippen LogP contribution in [0.2, 0.25) is 5.02 Å². The monoisotopic (exact) mass is 437 g/mol. The molecule has 3 aromatic rings. The van der Waals surface area contributed by atoms with Crippen molar-refractivity contribution in [1.82, 2.24) is 4.57 Å². The second-order valence-corrected chi connectivity index (χ2v) is 8.21. The number of aliphatic carboxylic acids is 1. The highest BCUT2D eigenvalue weighted by Crippen LogP contribution is 2.30. The largest absolute Gasteiger partial charge is 0.481 e. The molecule has 0 unspecified atom stereocenters. The van der Waals surface area contributed by atoms with Crippen LogP contribution in [0.5, 0.6) is 0 Å². The number of carbonyl (C=O) groups is 2. The first kappa shape index (κ1) is 22.8. The summed E-state index contributed by atoms with van der Waals surface area (Å²) in [6, 6.07) is 15.8. The molecule has 1 N–H and O–H groups in total. The van der Waals surface area contributed by atoms with Crippen molar-refractivity contribution in [2.24, 2.45) is 7.05 Å². The molecule has 162 valence electrons. The number of rotatable bonds is 11. The zero-order valence-corrected chi connectivity index (χ0v) is 18.6. The van der Waals surface area contributed by atoms with Crippen LogP contribution in [0, 0.1) is 0 Å². The predicted octanol–water partition coefficient (Wildman–Crippen LogP) is 6.70. The number of carbonyl (C=O) groups excluding carboxylic acids is 1. The molecule has 2 aromatic carbocycles. The molecule has 0 radical (unpaired) electrons. The number of nitrogens with zero attached hydrogens (tertiary/aromatic N) is 1. The van der Waals surface area contributed by atoms with Gasteiger partial charge in [0.15, 0.2) is 5.78 Å². The van der Waals surface area contributed by atoms with Crippen molar-refractivity contribution in [2.75, 3.05) is 0 Å². The Balaban J connectivity index is 1.71. The zero-order chi connectivity index (χ0) is 22.2. The Bertz CT molecular complexity index is 1080. The zero-order valence-electron chi connectivity index (χ0n) is 17.8. The van der Waals surface area contributed by atoms with Crippen molar-refractivity contribution in [3.05, 3.63) is 76.5 Å². The van der Waals surface area contributed by atoms with Gasteiger partial charge in [-0.15, -0.1) is 0 Å². The SMILES string of the molecule is Cn1c(CCCC/C=C/c2ccccc2)c(C(=O)CCCC(=O)O)c2cc(Cl)ccc21. The quantitative estimate of drug-likeness (QED) is 0.268. The summed E-state index contributed by atoms with van der Waals surface area (Å²) in [5, 5.41) is 10.3. The van der Waals surface area contributed by atoms with E-state index in [1.54, 1.807) is 0 Å². The maximum atomic E-state index is 13.0. The van der Waals surface area contributed by atoms with E-state index >= 15 is 0 Å². The summed E-state index contributed by atoms with van der Waals surface area (Å²) in [4.78, 5) is 23.8. The summed E-state index contributed by atoms with van der Waals surface area (Å²) in [7, 11) is 1.98. The van der Waals surface area contributed by atoms with E-state index in [2.05, 4.69) is 28.9 Å². The highest BCUT2D eigenvalue weighted by atomic mass is 35.5. The molecule has 0 fully saturated rings. The smallest absolute Gasteiger partial charge is 0.303 e. The highest BCUT2D eigenvalue weighted by Gasteiger charge is 2.21. The third kappa shape index (κ3) is 6.08. The van der Waals surface area contributed by atoms with E-state index in [0.29, 0.717) is 17.0 Å². The number of hydrogen-bond donors (Lipinski definition) is 1. The topological polar surface area (TPSA) is 59.3 Å². The number of halogens is 1. The van der Waals surface area contributed by atoms with Gasteiger partial charge in [0, 0.05) is 47.1 Å². The fourth-order valence-corrected chi connectivity index (χ4v) is 4.11. The number of ketones is 1. The summed E-state index contributed by atoms with van der Waals surface area (Å²) in [5.41, 5.74) is 3.88. The fraction of sp³-hybridized carbons (Fsp3) is 0.308.